The molecule has 5 rings (SSSR count). The van der Waals surface area contributed by atoms with Gasteiger partial charge in [-0.15, -0.1) is 12.8 Å². The number of terminal acetylenes is 2. The van der Waals surface area contributed by atoms with Crippen molar-refractivity contribution in [1.29, 1.82) is 0 Å². The Hall–Kier alpha value is -5.39. The van der Waals surface area contributed by atoms with Crippen LogP contribution in [0.5, 0.6) is 0 Å². The first-order valence-corrected chi connectivity index (χ1v) is 11.2. The molecule has 0 aliphatic rings. The van der Waals surface area contributed by atoms with Crippen LogP contribution in [0.1, 0.15) is 27.0 Å². The second-order valence-electron chi connectivity index (χ2n) is 8.02. The Bertz CT molecular complexity index is 1680. The number of rotatable bonds is 6. The van der Waals surface area contributed by atoms with E-state index in [1.54, 1.807) is 30.3 Å². The van der Waals surface area contributed by atoms with Gasteiger partial charge >= 0.3 is 0 Å². The van der Waals surface area contributed by atoms with Gasteiger partial charge in [0.25, 0.3) is 0 Å². The number of carbonyl (C=O) groups excluding carboxylic acids is 1. The highest BCUT2D eigenvalue weighted by Gasteiger charge is 2.14. The lowest BCUT2D eigenvalue weighted by Gasteiger charge is -2.14. The Morgan fingerprint density at radius 3 is 1.78 bits per heavy atom. The molecular formula is C31H20N4O. The molecule has 170 valence electrons. The summed E-state index contributed by atoms with van der Waals surface area (Å²) in [6.45, 7) is 0. The number of aromatic nitrogens is 2. The van der Waals surface area contributed by atoms with Gasteiger partial charge in [0, 0.05) is 33.6 Å². The first kappa shape index (κ1) is 22.4. The molecule has 0 radical (unpaired) electrons. The molecule has 1 heterocycles. The summed E-state index contributed by atoms with van der Waals surface area (Å²) in [6, 6.07) is 29.4. The van der Waals surface area contributed by atoms with Crippen molar-refractivity contribution in [3.63, 3.8) is 0 Å². The maximum atomic E-state index is 13.0. The molecule has 0 amide bonds. The van der Waals surface area contributed by atoms with E-state index in [-0.39, 0.29) is 5.78 Å². The molecule has 0 saturated carbocycles. The molecule has 5 nitrogen and oxygen atoms in total. The van der Waals surface area contributed by atoms with Crippen LogP contribution in [0.25, 0.3) is 11.0 Å². The third-order valence-corrected chi connectivity index (χ3v) is 5.55. The van der Waals surface area contributed by atoms with Crippen molar-refractivity contribution in [3.8, 4) is 24.7 Å². The fourth-order valence-corrected chi connectivity index (χ4v) is 3.77. The van der Waals surface area contributed by atoms with Gasteiger partial charge in [0.15, 0.2) is 17.4 Å². The van der Waals surface area contributed by atoms with Gasteiger partial charge in [-0.1, -0.05) is 54.3 Å². The zero-order chi connectivity index (χ0) is 24.9. The SMILES string of the molecule is C#Cc1cccc(Nc2nc3ccc(C(=O)c4ccccc4)cc3nc2Nc2cccc(C#C)c2)c1. The summed E-state index contributed by atoms with van der Waals surface area (Å²) in [4.78, 5) is 22.6. The van der Waals surface area contributed by atoms with Gasteiger partial charge in [-0.3, -0.25) is 4.79 Å². The molecule has 1 aromatic heterocycles. The molecule has 4 aromatic carbocycles. The van der Waals surface area contributed by atoms with Gasteiger partial charge in [0.1, 0.15) is 0 Å². The van der Waals surface area contributed by atoms with Crippen LogP contribution >= 0.6 is 0 Å². The molecular weight excluding hydrogens is 444 g/mol. The average Bonchev–Trinajstić information content (AvgIpc) is 2.93. The lowest BCUT2D eigenvalue weighted by molar-refractivity contribution is 0.103. The largest absolute Gasteiger partial charge is 0.337 e. The van der Waals surface area contributed by atoms with Gasteiger partial charge in [-0.25, -0.2) is 9.97 Å². The quantitative estimate of drug-likeness (QED) is 0.228. The van der Waals surface area contributed by atoms with Crippen LogP contribution in [0, 0.1) is 24.7 Å². The average molecular weight is 465 g/mol. The molecule has 0 bridgehead atoms. The lowest BCUT2D eigenvalue weighted by atomic mass is 10.0. The normalized spacial score (nSPS) is 10.3. The van der Waals surface area contributed by atoms with Crippen molar-refractivity contribution in [3.05, 3.63) is 119 Å². The molecule has 0 fully saturated rings. The van der Waals surface area contributed by atoms with Crippen molar-refractivity contribution >= 4 is 39.8 Å². The number of fused-ring (bicyclic) bond motifs is 1. The molecule has 5 aromatic rings. The summed E-state index contributed by atoms with van der Waals surface area (Å²) in [7, 11) is 0. The molecule has 0 atom stereocenters. The summed E-state index contributed by atoms with van der Waals surface area (Å²) in [5.41, 5.74) is 5.38. The summed E-state index contributed by atoms with van der Waals surface area (Å²) in [5.74, 6) is 6.18. The first-order valence-electron chi connectivity index (χ1n) is 11.2. The third-order valence-electron chi connectivity index (χ3n) is 5.55. The van der Waals surface area contributed by atoms with E-state index in [1.165, 1.54) is 0 Å². The van der Waals surface area contributed by atoms with Crippen molar-refractivity contribution in [2.75, 3.05) is 10.6 Å². The molecule has 36 heavy (non-hydrogen) atoms. The Balaban J connectivity index is 1.59. The summed E-state index contributed by atoms with van der Waals surface area (Å²) in [6.07, 6.45) is 11.1. The highest BCUT2D eigenvalue weighted by Crippen LogP contribution is 2.29. The standard InChI is InChI=1S/C31H20N4O/c1-3-21-10-8-14-25(18-21)32-30-31(33-26-15-9-11-22(4-2)19-26)35-28-20-24(16-17-27(28)34-30)29(36)23-12-6-5-7-13-23/h1-2,5-20H,(H,32,34)(H,33,35). The Morgan fingerprint density at radius 2 is 1.19 bits per heavy atom. The first-order chi connectivity index (χ1) is 17.6. The molecule has 0 saturated heterocycles. The fourth-order valence-electron chi connectivity index (χ4n) is 3.77. The van der Waals surface area contributed by atoms with E-state index >= 15 is 0 Å². The number of benzene rings is 4. The predicted octanol–water partition coefficient (Wildman–Crippen LogP) is 6.31. The topological polar surface area (TPSA) is 66.9 Å². The number of anilines is 4. The number of nitrogens with one attached hydrogen (secondary N) is 2. The second kappa shape index (κ2) is 9.85. The van der Waals surface area contributed by atoms with Crippen LogP contribution in [0.4, 0.5) is 23.0 Å². The van der Waals surface area contributed by atoms with Crippen molar-refractivity contribution < 1.29 is 4.79 Å². The van der Waals surface area contributed by atoms with Gasteiger partial charge in [-0.2, -0.15) is 0 Å². The molecule has 0 aliphatic carbocycles. The Morgan fingerprint density at radius 1 is 0.611 bits per heavy atom. The van der Waals surface area contributed by atoms with E-state index < -0.39 is 0 Å². The van der Waals surface area contributed by atoms with E-state index in [9.17, 15) is 4.79 Å². The second-order valence-corrected chi connectivity index (χ2v) is 8.02. The summed E-state index contributed by atoms with van der Waals surface area (Å²) >= 11 is 0. The highest BCUT2D eigenvalue weighted by atomic mass is 16.1. The van der Waals surface area contributed by atoms with Crippen LogP contribution in [0.3, 0.4) is 0 Å². The Kier molecular flexibility index (Phi) is 6.13. The fraction of sp³-hybridized carbons (Fsp3) is 0. The van der Waals surface area contributed by atoms with Gasteiger partial charge in [-0.05, 0) is 54.6 Å². The van der Waals surface area contributed by atoms with Gasteiger partial charge in [0.2, 0.25) is 0 Å². The number of ketones is 1. The lowest BCUT2D eigenvalue weighted by Crippen LogP contribution is -2.05. The summed E-state index contributed by atoms with van der Waals surface area (Å²) < 4.78 is 0. The van der Waals surface area contributed by atoms with Gasteiger partial charge < -0.3 is 10.6 Å². The summed E-state index contributed by atoms with van der Waals surface area (Å²) in [5, 5.41) is 6.62. The van der Waals surface area contributed by atoms with E-state index in [0.717, 1.165) is 22.5 Å². The smallest absolute Gasteiger partial charge is 0.193 e. The van der Waals surface area contributed by atoms with Crippen molar-refractivity contribution in [2.24, 2.45) is 0 Å². The molecule has 0 aliphatic heterocycles. The maximum Gasteiger partial charge on any atom is 0.193 e. The monoisotopic (exact) mass is 464 g/mol. The molecule has 0 spiro atoms. The molecule has 5 heteroatoms. The highest BCUT2D eigenvalue weighted by molar-refractivity contribution is 6.10. The minimum Gasteiger partial charge on any atom is -0.337 e. The van der Waals surface area contributed by atoms with Crippen LogP contribution in [-0.4, -0.2) is 15.8 Å². The van der Waals surface area contributed by atoms with Crippen LogP contribution < -0.4 is 10.6 Å². The minimum atomic E-state index is -0.0798. The predicted molar refractivity (Wildman–Crippen MR) is 145 cm³/mol. The third kappa shape index (κ3) is 4.77. The minimum absolute atomic E-state index is 0.0798. The van der Waals surface area contributed by atoms with E-state index in [1.807, 2.05) is 66.7 Å². The van der Waals surface area contributed by atoms with Crippen LogP contribution in [0.2, 0.25) is 0 Å². The number of hydrogen-bond donors (Lipinski definition) is 2. The molecule has 2 N–H and O–H groups in total. The van der Waals surface area contributed by atoms with Crippen molar-refractivity contribution in [2.45, 2.75) is 0 Å². The van der Waals surface area contributed by atoms with Crippen LogP contribution in [-0.2, 0) is 0 Å². The zero-order valence-electron chi connectivity index (χ0n) is 19.2. The number of hydrogen-bond acceptors (Lipinski definition) is 5. The maximum absolute atomic E-state index is 13.0. The van der Waals surface area contributed by atoms with E-state index in [2.05, 4.69) is 22.5 Å². The molecule has 0 unspecified atom stereocenters. The van der Waals surface area contributed by atoms with E-state index in [4.69, 9.17) is 22.8 Å². The van der Waals surface area contributed by atoms with Crippen LogP contribution in [0.15, 0.2) is 97.1 Å². The number of carbonyl (C=O) groups is 1. The van der Waals surface area contributed by atoms with Gasteiger partial charge in [0.05, 0.1) is 11.0 Å². The van der Waals surface area contributed by atoms with E-state index in [0.29, 0.717) is 33.8 Å². The number of nitrogens with zero attached hydrogens (tertiary/aromatic N) is 2. The Labute approximate surface area is 209 Å². The van der Waals surface area contributed by atoms with Crippen molar-refractivity contribution in [1.82, 2.24) is 9.97 Å². The zero-order valence-corrected chi connectivity index (χ0v) is 19.2.